The number of anilines is 1. The number of hydrogen-bond donors (Lipinski definition) is 0. The molecule has 174 valence electrons. The van der Waals surface area contributed by atoms with Crippen molar-refractivity contribution in [2.75, 3.05) is 31.1 Å². The Labute approximate surface area is 201 Å². The normalized spacial score (nSPS) is 15.1. The quantitative estimate of drug-likeness (QED) is 0.362. The molecule has 0 saturated carbocycles. The molecule has 0 N–H and O–H groups in total. The summed E-state index contributed by atoms with van der Waals surface area (Å²) in [5, 5.41) is 13.9. The Bertz CT molecular complexity index is 1280. The van der Waals surface area contributed by atoms with Crippen LogP contribution in [0.4, 0.5) is 10.8 Å². The SMILES string of the molecule is Cc1cc(C)cc(Cc2csc(N3CCN(S(=O)(=O)c4ccc(Cl)c([N+](=O)[O-])c4)CC3)n2)c1. The lowest BCUT2D eigenvalue weighted by Crippen LogP contribution is -2.48. The molecule has 0 bridgehead atoms. The molecule has 2 aromatic carbocycles. The van der Waals surface area contributed by atoms with Crippen molar-refractivity contribution in [1.82, 2.24) is 9.29 Å². The molecule has 0 unspecified atom stereocenters. The van der Waals surface area contributed by atoms with Crippen LogP contribution < -0.4 is 4.90 Å². The molecule has 0 amide bonds. The largest absolute Gasteiger partial charge is 0.345 e. The Morgan fingerprint density at radius 2 is 1.76 bits per heavy atom. The van der Waals surface area contributed by atoms with Crippen molar-refractivity contribution in [2.45, 2.75) is 25.2 Å². The van der Waals surface area contributed by atoms with Gasteiger partial charge in [-0.25, -0.2) is 13.4 Å². The zero-order valence-electron chi connectivity index (χ0n) is 18.2. The van der Waals surface area contributed by atoms with Gasteiger partial charge in [-0.3, -0.25) is 10.1 Å². The number of piperazine rings is 1. The second-order valence-electron chi connectivity index (χ2n) is 8.06. The predicted molar refractivity (Wildman–Crippen MR) is 130 cm³/mol. The Kier molecular flexibility index (Phi) is 6.71. The van der Waals surface area contributed by atoms with Gasteiger partial charge < -0.3 is 4.90 Å². The van der Waals surface area contributed by atoms with E-state index in [-0.39, 0.29) is 23.0 Å². The van der Waals surface area contributed by atoms with Crippen LogP contribution in [0, 0.1) is 24.0 Å². The lowest BCUT2D eigenvalue weighted by Gasteiger charge is -2.33. The van der Waals surface area contributed by atoms with Crippen LogP contribution in [0.15, 0.2) is 46.7 Å². The van der Waals surface area contributed by atoms with Crippen molar-refractivity contribution < 1.29 is 13.3 Å². The Balaban J connectivity index is 1.43. The van der Waals surface area contributed by atoms with Crippen LogP contribution in [0.5, 0.6) is 0 Å². The summed E-state index contributed by atoms with van der Waals surface area (Å²) in [4.78, 5) is 17.2. The third kappa shape index (κ3) is 5.19. The molecule has 1 aliphatic heterocycles. The fourth-order valence-corrected chi connectivity index (χ4v) is 6.47. The molecule has 4 rings (SSSR count). The fraction of sp³-hybridized carbons (Fsp3) is 0.318. The van der Waals surface area contributed by atoms with E-state index in [4.69, 9.17) is 16.6 Å². The maximum absolute atomic E-state index is 13.0. The number of thiazole rings is 1. The maximum atomic E-state index is 13.0. The van der Waals surface area contributed by atoms with Gasteiger partial charge in [0.05, 0.1) is 15.5 Å². The summed E-state index contributed by atoms with van der Waals surface area (Å²) < 4.78 is 27.4. The molecule has 0 radical (unpaired) electrons. The summed E-state index contributed by atoms with van der Waals surface area (Å²) in [6.45, 7) is 5.68. The van der Waals surface area contributed by atoms with E-state index in [0.717, 1.165) is 23.3 Å². The molecule has 1 fully saturated rings. The summed E-state index contributed by atoms with van der Waals surface area (Å²) in [6.07, 6.45) is 0.753. The van der Waals surface area contributed by atoms with Crippen LogP contribution in [0.25, 0.3) is 0 Å². The highest BCUT2D eigenvalue weighted by Crippen LogP contribution is 2.30. The van der Waals surface area contributed by atoms with Gasteiger partial charge in [0.15, 0.2) is 5.13 Å². The first-order valence-corrected chi connectivity index (χ1v) is 13.0. The molecule has 0 atom stereocenters. The molecule has 2 heterocycles. The van der Waals surface area contributed by atoms with Gasteiger partial charge in [-0.05, 0) is 31.5 Å². The Hall–Kier alpha value is -2.53. The van der Waals surface area contributed by atoms with Gasteiger partial charge in [-0.1, -0.05) is 40.9 Å². The van der Waals surface area contributed by atoms with Crippen molar-refractivity contribution in [3.63, 3.8) is 0 Å². The minimum Gasteiger partial charge on any atom is -0.345 e. The topological polar surface area (TPSA) is 96.7 Å². The molecule has 1 aliphatic rings. The van der Waals surface area contributed by atoms with E-state index in [2.05, 4.69) is 36.9 Å². The zero-order chi connectivity index (χ0) is 23.8. The molecule has 1 saturated heterocycles. The van der Waals surface area contributed by atoms with Crippen molar-refractivity contribution in [3.05, 3.63) is 79.3 Å². The van der Waals surface area contributed by atoms with Gasteiger partial charge in [0.2, 0.25) is 10.0 Å². The van der Waals surface area contributed by atoms with Crippen LogP contribution in [0.2, 0.25) is 5.02 Å². The number of aryl methyl sites for hydroxylation is 2. The number of benzene rings is 2. The lowest BCUT2D eigenvalue weighted by atomic mass is 10.0. The van der Waals surface area contributed by atoms with Gasteiger partial charge in [-0.15, -0.1) is 11.3 Å². The summed E-state index contributed by atoms with van der Waals surface area (Å²) in [5.41, 5.74) is 4.24. The summed E-state index contributed by atoms with van der Waals surface area (Å²) in [5.74, 6) is 0. The summed E-state index contributed by atoms with van der Waals surface area (Å²) in [7, 11) is -3.86. The minimum atomic E-state index is -3.86. The number of aromatic nitrogens is 1. The van der Waals surface area contributed by atoms with E-state index in [1.165, 1.54) is 33.1 Å². The number of nitrogens with zero attached hydrogens (tertiary/aromatic N) is 4. The molecular weight excluding hydrogens is 484 g/mol. The third-order valence-electron chi connectivity index (χ3n) is 5.47. The van der Waals surface area contributed by atoms with Crippen LogP contribution in [0.1, 0.15) is 22.4 Å². The third-order valence-corrected chi connectivity index (χ3v) is 8.63. The van der Waals surface area contributed by atoms with E-state index < -0.39 is 20.6 Å². The first kappa shape index (κ1) is 23.6. The number of hydrogen-bond acceptors (Lipinski definition) is 7. The number of sulfonamides is 1. The minimum absolute atomic E-state index is 0.0934. The number of nitro benzene ring substituents is 1. The average molecular weight is 507 g/mol. The smallest absolute Gasteiger partial charge is 0.289 e. The van der Waals surface area contributed by atoms with Crippen molar-refractivity contribution in [2.24, 2.45) is 0 Å². The molecule has 1 aromatic heterocycles. The lowest BCUT2D eigenvalue weighted by molar-refractivity contribution is -0.384. The maximum Gasteiger partial charge on any atom is 0.289 e. The summed E-state index contributed by atoms with van der Waals surface area (Å²) >= 11 is 7.37. The molecule has 0 aliphatic carbocycles. The highest BCUT2D eigenvalue weighted by molar-refractivity contribution is 7.89. The van der Waals surface area contributed by atoms with E-state index in [1.807, 2.05) is 5.38 Å². The van der Waals surface area contributed by atoms with Crippen molar-refractivity contribution >= 4 is 43.8 Å². The van der Waals surface area contributed by atoms with Crippen molar-refractivity contribution in [1.29, 1.82) is 0 Å². The van der Waals surface area contributed by atoms with E-state index >= 15 is 0 Å². The van der Waals surface area contributed by atoms with Crippen molar-refractivity contribution in [3.8, 4) is 0 Å². The molecule has 11 heteroatoms. The van der Waals surface area contributed by atoms with Crippen LogP contribution in [-0.4, -0.2) is 48.8 Å². The van der Waals surface area contributed by atoms with Gasteiger partial charge >= 0.3 is 0 Å². The first-order valence-electron chi connectivity index (χ1n) is 10.3. The molecule has 0 spiro atoms. The first-order chi connectivity index (χ1) is 15.6. The van der Waals surface area contributed by atoms with E-state index in [9.17, 15) is 18.5 Å². The standard InChI is InChI=1S/C22H23ClN4O4S2/c1-15-9-16(2)11-17(10-15)12-18-14-32-22(24-18)25-5-7-26(8-6-25)33(30,31)19-3-4-20(23)21(13-19)27(28)29/h3-4,9-11,13-14H,5-8,12H2,1-2H3. The number of nitro groups is 1. The monoisotopic (exact) mass is 506 g/mol. The predicted octanol–water partition coefficient (Wildman–Crippen LogP) is 4.42. The zero-order valence-corrected chi connectivity index (χ0v) is 20.6. The second kappa shape index (κ2) is 9.38. The van der Waals surface area contributed by atoms with E-state index in [0.29, 0.717) is 13.1 Å². The number of rotatable bonds is 6. The fourth-order valence-electron chi connectivity index (χ4n) is 3.96. The van der Waals surface area contributed by atoms with Gasteiger partial charge in [0, 0.05) is 44.0 Å². The number of halogens is 1. The van der Waals surface area contributed by atoms with Gasteiger partial charge in [-0.2, -0.15) is 4.31 Å². The molecule has 33 heavy (non-hydrogen) atoms. The second-order valence-corrected chi connectivity index (χ2v) is 11.2. The van der Waals surface area contributed by atoms with Gasteiger partial charge in [0.1, 0.15) is 5.02 Å². The Morgan fingerprint density at radius 1 is 1.09 bits per heavy atom. The van der Waals surface area contributed by atoms with Gasteiger partial charge in [0.25, 0.3) is 5.69 Å². The van der Waals surface area contributed by atoms with Crippen LogP contribution >= 0.6 is 22.9 Å². The summed E-state index contributed by atoms with van der Waals surface area (Å²) in [6, 6.07) is 10.0. The van der Waals surface area contributed by atoms with E-state index in [1.54, 1.807) is 11.3 Å². The highest BCUT2D eigenvalue weighted by atomic mass is 35.5. The molecule has 3 aromatic rings. The van der Waals surface area contributed by atoms with Crippen LogP contribution in [-0.2, 0) is 16.4 Å². The van der Waals surface area contributed by atoms with Crippen LogP contribution in [0.3, 0.4) is 0 Å². The molecule has 8 nitrogen and oxygen atoms in total. The average Bonchev–Trinajstić information content (AvgIpc) is 3.21. The molecular formula is C22H23ClN4O4S2. The Morgan fingerprint density at radius 3 is 2.39 bits per heavy atom. The highest BCUT2D eigenvalue weighted by Gasteiger charge is 2.31.